The zero-order valence-corrected chi connectivity index (χ0v) is 12.1. The van der Waals surface area contributed by atoms with E-state index in [1.807, 2.05) is 0 Å². The van der Waals surface area contributed by atoms with Crippen LogP contribution in [0.5, 0.6) is 0 Å². The van der Waals surface area contributed by atoms with Gasteiger partial charge in [0.2, 0.25) is 5.91 Å². The maximum Gasteiger partial charge on any atom is 0.416 e. The number of nitrogens with zero attached hydrogens (tertiary/aromatic N) is 1. The van der Waals surface area contributed by atoms with Crippen molar-refractivity contribution in [3.8, 4) is 0 Å². The third-order valence-electron chi connectivity index (χ3n) is 2.67. The SMILES string of the molecule is CN(Cc1cc(C(F)(F)F)cc(C(F)(F)F)c1)C(=O)CN.Cl. The highest BCUT2D eigenvalue weighted by atomic mass is 35.5. The largest absolute Gasteiger partial charge is 0.416 e. The number of benzene rings is 1. The summed E-state index contributed by atoms with van der Waals surface area (Å²) < 4.78 is 75.8. The molecule has 0 heterocycles. The number of nitrogens with two attached hydrogens (primary N) is 1. The zero-order chi connectivity index (χ0) is 16.4. The van der Waals surface area contributed by atoms with E-state index in [4.69, 9.17) is 5.73 Å². The summed E-state index contributed by atoms with van der Waals surface area (Å²) in [5.74, 6) is -0.596. The molecule has 0 bridgehead atoms. The first-order valence-electron chi connectivity index (χ1n) is 5.67. The number of carbonyl (C=O) groups excluding carboxylic acids is 1. The average molecular weight is 351 g/mol. The number of hydrogen-bond acceptors (Lipinski definition) is 2. The third-order valence-corrected chi connectivity index (χ3v) is 2.67. The van der Waals surface area contributed by atoms with Crippen LogP contribution in [0.15, 0.2) is 18.2 Å². The lowest BCUT2D eigenvalue weighted by Gasteiger charge is -2.19. The molecule has 1 amide bonds. The summed E-state index contributed by atoms with van der Waals surface area (Å²) in [7, 11) is 1.24. The second-order valence-corrected chi connectivity index (χ2v) is 4.37. The van der Waals surface area contributed by atoms with E-state index in [0.29, 0.717) is 12.1 Å². The number of likely N-dealkylation sites (N-methyl/N-ethyl adjacent to an activating group) is 1. The molecule has 0 saturated carbocycles. The number of rotatable bonds is 3. The van der Waals surface area contributed by atoms with Gasteiger partial charge in [-0.2, -0.15) is 26.3 Å². The fourth-order valence-corrected chi connectivity index (χ4v) is 1.63. The van der Waals surface area contributed by atoms with E-state index in [9.17, 15) is 31.1 Å². The molecule has 10 heteroatoms. The summed E-state index contributed by atoms with van der Waals surface area (Å²) in [6.45, 7) is -0.787. The lowest BCUT2D eigenvalue weighted by molar-refractivity contribution is -0.143. The van der Waals surface area contributed by atoms with E-state index in [1.54, 1.807) is 0 Å². The Morgan fingerprint density at radius 2 is 1.45 bits per heavy atom. The molecule has 1 rings (SSSR count). The Bertz CT molecular complexity index is 497. The smallest absolute Gasteiger partial charge is 0.340 e. The van der Waals surface area contributed by atoms with Crippen LogP contribution in [0, 0.1) is 0 Å². The van der Waals surface area contributed by atoms with Gasteiger partial charge in [-0.15, -0.1) is 12.4 Å². The molecule has 1 aromatic carbocycles. The predicted octanol–water partition coefficient (Wildman–Crippen LogP) is 3.06. The summed E-state index contributed by atoms with van der Waals surface area (Å²) in [6.07, 6.45) is -9.82. The monoisotopic (exact) mass is 350 g/mol. The summed E-state index contributed by atoms with van der Waals surface area (Å²) in [5.41, 5.74) is 1.97. The second-order valence-electron chi connectivity index (χ2n) is 4.37. The molecule has 0 spiro atoms. The first kappa shape index (κ1) is 20.5. The first-order valence-corrected chi connectivity index (χ1v) is 5.67. The van der Waals surface area contributed by atoms with Crippen molar-refractivity contribution in [3.63, 3.8) is 0 Å². The minimum atomic E-state index is -4.91. The second kappa shape index (κ2) is 7.19. The molecular formula is C12H13ClF6N2O. The van der Waals surface area contributed by atoms with Crippen molar-refractivity contribution in [2.75, 3.05) is 13.6 Å². The van der Waals surface area contributed by atoms with Gasteiger partial charge in [-0.1, -0.05) is 0 Å². The number of halogens is 7. The Labute approximate surface area is 128 Å². The molecule has 0 aliphatic rings. The molecule has 0 aromatic heterocycles. The molecule has 22 heavy (non-hydrogen) atoms. The van der Waals surface area contributed by atoms with Gasteiger partial charge in [0.1, 0.15) is 0 Å². The van der Waals surface area contributed by atoms with Crippen molar-refractivity contribution < 1.29 is 31.1 Å². The molecule has 0 radical (unpaired) electrons. The quantitative estimate of drug-likeness (QED) is 0.852. The van der Waals surface area contributed by atoms with Gasteiger partial charge in [0.05, 0.1) is 17.7 Å². The van der Waals surface area contributed by atoms with Crippen LogP contribution in [-0.4, -0.2) is 24.4 Å². The van der Waals surface area contributed by atoms with Gasteiger partial charge in [-0.3, -0.25) is 4.79 Å². The van der Waals surface area contributed by atoms with E-state index >= 15 is 0 Å². The van der Waals surface area contributed by atoms with Crippen LogP contribution in [-0.2, 0) is 23.7 Å². The van der Waals surface area contributed by atoms with E-state index in [-0.39, 0.29) is 30.6 Å². The fourth-order valence-electron chi connectivity index (χ4n) is 1.63. The highest BCUT2D eigenvalue weighted by Crippen LogP contribution is 2.36. The molecule has 0 saturated heterocycles. The molecule has 2 N–H and O–H groups in total. The number of hydrogen-bond donors (Lipinski definition) is 1. The topological polar surface area (TPSA) is 46.3 Å². The van der Waals surface area contributed by atoms with Gasteiger partial charge >= 0.3 is 12.4 Å². The van der Waals surface area contributed by atoms with Crippen LogP contribution >= 0.6 is 12.4 Å². The summed E-state index contributed by atoms with van der Waals surface area (Å²) in [6, 6.07) is 1.19. The Morgan fingerprint density at radius 1 is 1.05 bits per heavy atom. The van der Waals surface area contributed by atoms with E-state index in [2.05, 4.69) is 0 Å². The Kier molecular flexibility index (Phi) is 6.70. The molecule has 0 unspecified atom stereocenters. The molecule has 0 aliphatic heterocycles. The third kappa shape index (κ3) is 5.38. The standard InChI is InChI=1S/C12H12F6N2O.ClH/c1-20(10(21)5-19)6-7-2-8(11(13,14)15)4-9(3-7)12(16,17)18;/h2-4H,5-6,19H2,1H3;1H. The number of alkyl halides is 6. The minimum Gasteiger partial charge on any atom is -0.340 e. The van der Waals surface area contributed by atoms with Crippen LogP contribution < -0.4 is 5.73 Å². The van der Waals surface area contributed by atoms with E-state index in [1.165, 1.54) is 7.05 Å². The molecule has 1 aromatic rings. The number of amides is 1. The van der Waals surface area contributed by atoms with Crippen LogP contribution in [0.2, 0.25) is 0 Å². The van der Waals surface area contributed by atoms with Crippen LogP contribution in [0.4, 0.5) is 26.3 Å². The summed E-state index contributed by atoms with van der Waals surface area (Å²) in [5, 5.41) is 0. The maximum absolute atomic E-state index is 12.6. The van der Waals surface area contributed by atoms with E-state index < -0.39 is 35.9 Å². The highest BCUT2D eigenvalue weighted by Gasteiger charge is 2.36. The van der Waals surface area contributed by atoms with Crippen molar-refractivity contribution >= 4 is 18.3 Å². The Morgan fingerprint density at radius 3 is 1.77 bits per heavy atom. The van der Waals surface area contributed by atoms with Crippen molar-refractivity contribution in [1.82, 2.24) is 4.90 Å². The molecule has 3 nitrogen and oxygen atoms in total. The molecule has 126 valence electrons. The molecular weight excluding hydrogens is 338 g/mol. The van der Waals surface area contributed by atoms with Crippen molar-refractivity contribution in [3.05, 3.63) is 34.9 Å². The zero-order valence-electron chi connectivity index (χ0n) is 11.3. The molecule has 0 fully saturated rings. The predicted molar refractivity (Wildman–Crippen MR) is 69.2 cm³/mol. The fraction of sp³-hybridized carbons (Fsp3) is 0.417. The van der Waals surface area contributed by atoms with Crippen LogP contribution in [0.1, 0.15) is 16.7 Å². The van der Waals surface area contributed by atoms with Gasteiger partial charge in [0.15, 0.2) is 0 Å². The van der Waals surface area contributed by atoms with Gasteiger partial charge < -0.3 is 10.6 Å². The van der Waals surface area contributed by atoms with Gasteiger partial charge in [0, 0.05) is 13.6 Å². The Balaban J connectivity index is 0.00000441. The van der Waals surface area contributed by atoms with E-state index in [0.717, 1.165) is 4.90 Å². The van der Waals surface area contributed by atoms with Crippen molar-refractivity contribution in [2.45, 2.75) is 18.9 Å². The van der Waals surface area contributed by atoms with Gasteiger partial charge in [0.25, 0.3) is 0 Å². The summed E-state index contributed by atoms with van der Waals surface area (Å²) in [4.78, 5) is 12.2. The Hall–Kier alpha value is -1.48. The van der Waals surface area contributed by atoms with Crippen molar-refractivity contribution in [1.29, 1.82) is 0 Å². The lowest BCUT2D eigenvalue weighted by atomic mass is 10.0. The summed E-state index contributed by atoms with van der Waals surface area (Å²) >= 11 is 0. The highest BCUT2D eigenvalue weighted by molar-refractivity contribution is 5.85. The minimum absolute atomic E-state index is 0. The first-order chi connectivity index (χ1) is 9.45. The van der Waals surface area contributed by atoms with Crippen molar-refractivity contribution in [2.24, 2.45) is 5.73 Å². The van der Waals surface area contributed by atoms with Gasteiger partial charge in [-0.05, 0) is 23.8 Å². The molecule has 0 aliphatic carbocycles. The van der Waals surface area contributed by atoms with Crippen LogP contribution in [0.25, 0.3) is 0 Å². The normalized spacial score (nSPS) is 11.8. The average Bonchev–Trinajstić information content (AvgIpc) is 2.35. The maximum atomic E-state index is 12.6. The lowest BCUT2D eigenvalue weighted by Crippen LogP contribution is -2.32. The molecule has 0 atom stereocenters. The van der Waals surface area contributed by atoms with Crippen LogP contribution in [0.3, 0.4) is 0 Å². The van der Waals surface area contributed by atoms with Gasteiger partial charge in [-0.25, -0.2) is 0 Å². The number of carbonyl (C=O) groups is 1.